The van der Waals surface area contributed by atoms with Gasteiger partial charge in [-0.25, -0.2) is 9.18 Å². The number of methoxy groups -OCH3 is 1. The molecule has 1 aromatic rings. The van der Waals surface area contributed by atoms with Gasteiger partial charge in [-0.2, -0.15) is 0 Å². The van der Waals surface area contributed by atoms with E-state index >= 15 is 0 Å². The Balaban J connectivity index is 2.19. The first-order chi connectivity index (χ1) is 13.8. The number of Topliss-reactive ketones (excluding diaryl/α,β-unsaturated/α-hetero) is 1. The lowest BCUT2D eigenvalue weighted by molar-refractivity contribution is -0.151. The third-order valence-corrected chi connectivity index (χ3v) is 5.42. The predicted octanol–water partition coefficient (Wildman–Crippen LogP) is 3.00. The maximum atomic E-state index is 14.0. The van der Waals surface area contributed by atoms with Crippen LogP contribution in [-0.4, -0.2) is 31.4 Å². The van der Waals surface area contributed by atoms with E-state index in [1.807, 2.05) is 6.92 Å². The molecule has 0 saturated heterocycles. The minimum absolute atomic E-state index is 0.160. The number of allylic oxidation sites excluding steroid dienone is 3. The van der Waals surface area contributed by atoms with E-state index in [4.69, 9.17) is 9.47 Å². The Labute approximate surface area is 168 Å². The van der Waals surface area contributed by atoms with Gasteiger partial charge < -0.3 is 14.8 Å². The highest BCUT2D eigenvalue weighted by Gasteiger charge is 2.47. The molecule has 1 N–H and O–H groups in total. The number of carbonyl (C=O) groups excluding carboxylic acids is 3. The molecule has 0 fully saturated rings. The fourth-order valence-corrected chi connectivity index (χ4v) is 4.18. The summed E-state index contributed by atoms with van der Waals surface area (Å²) in [6.07, 6.45) is 0.431. The zero-order chi connectivity index (χ0) is 21.3. The molecule has 0 unspecified atom stereocenters. The van der Waals surface area contributed by atoms with Crippen LogP contribution in [0, 0.1) is 17.7 Å². The molecule has 154 valence electrons. The lowest BCUT2D eigenvalue weighted by Gasteiger charge is -2.38. The van der Waals surface area contributed by atoms with Crippen LogP contribution in [0.5, 0.6) is 0 Å². The van der Waals surface area contributed by atoms with Crippen molar-refractivity contribution in [2.75, 3.05) is 13.7 Å². The van der Waals surface area contributed by atoms with Crippen LogP contribution in [0.1, 0.15) is 38.7 Å². The van der Waals surface area contributed by atoms with Crippen LogP contribution in [-0.2, 0) is 23.9 Å². The second-order valence-electron chi connectivity index (χ2n) is 7.31. The Hall–Kier alpha value is -2.96. The maximum absolute atomic E-state index is 14.0. The SMILES string of the molecule is CCOC(=O)C1=C(C)NC2=C(C(=O)[C@H](C(=O)OC)[C@H](C)C2)[C@H]1c1cccc(F)c1. The second-order valence-corrected chi connectivity index (χ2v) is 7.31. The summed E-state index contributed by atoms with van der Waals surface area (Å²) in [5, 5.41) is 3.15. The number of halogens is 1. The van der Waals surface area contributed by atoms with Gasteiger partial charge in [0, 0.05) is 22.9 Å². The van der Waals surface area contributed by atoms with Crippen LogP contribution in [0.25, 0.3) is 0 Å². The van der Waals surface area contributed by atoms with Crippen LogP contribution in [0.15, 0.2) is 46.8 Å². The number of dihydropyridines is 1. The number of nitrogens with one attached hydrogen (secondary N) is 1. The summed E-state index contributed by atoms with van der Waals surface area (Å²) in [6.45, 7) is 5.38. The summed E-state index contributed by atoms with van der Waals surface area (Å²) in [5.41, 5.74) is 2.17. The molecule has 0 amide bonds. The Bertz CT molecular complexity index is 933. The summed E-state index contributed by atoms with van der Waals surface area (Å²) in [7, 11) is 1.24. The highest BCUT2D eigenvalue weighted by molar-refractivity contribution is 6.12. The normalized spacial score (nSPS) is 24.0. The van der Waals surface area contributed by atoms with Crippen LogP contribution in [0.3, 0.4) is 0 Å². The molecule has 0 saturated carbocycles. The van der Waals surface area contributed by atoms with Gasteiger partial charge in [-0.3, -0.25) is 9.59 Å². The summed E-state index contributed by atoms with van der Waals surface area (Å²) >= 11 is 0. The molecular formula is C22H24FNO5. The third-order valence-electron chi connectivity index (χ3n) is 5.42. The van der Waals surface area contributed by atoms with Gasteiger partial charge in [-0.05, 0) is 43.9 Å². The molecule has 1 aliphatic carbocycles. The standard InChI is InChI=1S/C22H24FNO5/c1-5-29-22(27)17-12(3)24-15-9-11(2)16(21(26)28-4)20(25)19(15)18(17)13-7-6-8-14(23)10-13/h6-8,10-11,16,18,24H,5,9H2,1-4H3/t11-,16-,18+/m1/s1. The summed E-state index contributed by atoms with van der Waals surface area (Å²) in [5.74, 6) is -4.17. The molecule has 1 aliphatic heterocycles. The van der Waals surface area contributed by atoms with Crippen LogP contribution in [0.4, 0.5) is 4.39 Å². The average Bonchev–Trinajstić information content (AvgIpc) is 2.66. The van der Waals surface area contributed by atoms with E-state index in [2.05, 4.69) is 5.32 Å². The largest absolute Gasteiger partial charge is 0.468 e. The van der Waals surface area contributed by atoms with Gasteiger partial charge in [-0.15, -0.1) is 0 Å². The first-order valence-electron chi connectivity index (χ1n) is 9.55. The lowest BCUT2D eigenvalue weighted by atomic mass is 9.69. The molecule has 1 heterocycles. The van der Waals surface area contributed by atoms with Crippen LogP contribution >= 0.6 is 0 Å². The van der Waals surface area contributed by atoms with Gasteiger partial charge in [0.2, 0.25) is 0 Å². The Kier molecular flexibility index (Phi) is 5.86. The minimum atomic E-state index is -0.974. The van der Waals surface area contributed by atoms with Crippen molar-refractivity contribution in [2.24, 2.45) is 11.8 Å². The first-order valence-corrected chi connectivity index (χ1v) is 9.55. The van der Waals surface area contributed by atoms with Crippen molar-refractivity contribution in [3.8, 4) is 0 Å². The van der Waals surface area contributed by atoms with Gasteiger partial charge in [0.1, 0.15) is 11.7 Å². The van der Waals surface area contributed by atoms with Gasteiger partial charge in [0.05, 0.1) is 19.3 Å². The molecule has 0 radical (unpaired) electrons. The summed E-state index contributed by atoms with van der Waals surface area (Å²) < 4.78 is 24.1. The fourth-order valence-electron chi connectivity index (χ4n) is 4.18. The Morgan fingerprint density at radius 3 is 2.66 bits per heavy atom. The van der Waals surface area contributed by atoms with Gasteiger partial charge in [0.15, 0.2) is 5.78 Å². The molecular weight excluding hydrogens is 377 g/mol. The van der Waals surface area contributed by atoms with Crippen LogP contribution in [0.2, 0.25) is 0 Å². The van der Waals surface area contributed by atoms with Crippen molar-refractivity contribution in [3.05, 3.63) is 58.2 Å². The topological polar surface area (TPSA) is 81.7 Å². The molecule has 3 rings (SSSR count). The molecule has 0 aromatic heterocycles. The number of ketones is 1. The zero-order valence-electron chi connectivity index (χ0n) is 16.9. The highest BCUT2D eigenvalue weighted by atomic mass is 19.1. The van der Waals surface area contributed by atoms with Crippen molar-refractivity contribution < 1.29 is 28.2 Å². The van der Waals surface area contributed by atoms with Gasteiger partial charge >= 0.3 is 11.9 Å². The van der Waals surface area contributed by atoms with Crippen molar-refractivity contribution in [1.29, 1.82) is 0 Å². The zero-order valence-corrected chi connectivity index (χ0v) is 16.9. The quantitative estimate of drug-likeness (QED) is 0.617. The van der Waals surface area contributed by atoms with Crippen LogP contribution < -0.4 is 5.32 Å². The molecule has 3 atom stereocenters. The smallest absolute Gasteiger partial charge is 0.336 e. The Morgan fingerprint density at radius 1 is 1.31 bits per heavy atom. The van der Waals surface area contributed by atoms with E-state index in [0.717, 1.165) is 0 Å². The summed E-state index contributed by atoms with van der Waals surface area (Å²) in [6, 6.07) is 5.78. The van der Waals surface area contributed by atoms with Crippen molar-refractivity contribution in [1.82, 2.24) is 5.32 Å². The average molecular weight is 401 g/mol. The van der Waals surface area contributed by atoms with Crippen molar-refractivity contribution in [2.45, 2.75) is 33.1 Å². The Morgan fingerprint density at radius 2 is 2.03 bits per heavy atom. The number of ether oxygens (including phenoxy) is 2. The number of esters is 2. The highest BCUT2D eigenvalue weighted by Crippen LogP contribution is 2.45. The fraction of sp³-hybridized carbons (Fsp3) is 0.409. The van der Waals surface area contributed by atoms with E-state index in [-0.39, 0.29) is 23.7 Å². The predicted molar refractivity (Wildman–Crippen MR) is 103 cm³/mol. The van der Waals surface area contributed by atoms with E-state index in [9.17, 15) is 18.8 Å². The van der Waals surface area contributed by atoms with Gasteiger partial charge in [-0.1, -0.05) is 19.1 Å². The second kappa shape index (κ2) is 8.19. The number of hydrogen-bond donors (Lipinski definition) is 1. The monoisotopic (exact) mass is 401 g/mol. The lowest BCUT2D eigenvalue weighted by Crippen LogP contribution is -2.43. The first kappa shape index (κ1) is 20.8. The molecule has 1 aromatic carbocycles. The van der Waals surface area contributed by atoms with E-state index in [1.54, 1.807) is 19.9 Å². The van der Waals surface area contributed by atoms with Gasteiger partial charge in [0.25, 0.3) is 0 Å². The molecule has 29 heavy (non-hydrogen) atoms. The molecule has 0 bridgehead atoms. The molecule has 2 aliphatic rings. The van der Waals surface area contributed by atoms with E-state index in [0.29, 0.717) is 23.4 Å². The van der Waals surface area contributed by atoms with E-state index in [1.165, 1.54) is 25.3 Å². The van der Waals surface area contributed by atoms with Crippen molar-refractivity contribution in [3.63, 3.8) is 0 Å². The third kappa shape index (κ3) is 3.69. The van der Waals surface area contributed by atoms with Crippen molar-refractivity contribution >= 4 is 17.7 Å². The number of benzene rings is 1. The maximum Gasteiger partial charge on any atom is 0.336 e. The molecule has 6 nitrogen and oxygen atoms in total. The molecule has 7 heteroatoms. The molecule has 0 spiro atoms. The number of hydrogen-bond acceptors (Lipinski definition) is 6. The van der Waals surface area contributed by atoms with E-state index < -0.39 is 35.4 Å². The minimum Gasteiger partial charge on any atom is -0.468 e. The number of rotatable bonds is 4. The summed E-state index contributed by atoms with van der Waals surface area (Å²) in [4.78, 5) is 38.5. The number of carbonyl (C=O) groups is 3.